The lowest BCUT2D eigenvalue weighted by Crippen LogP contribution is -2.48. The summed E-state index contributed by atoms with van der Waals surface area (Å²) < 4.78 is 5.45. The Hall–Kier alpha value is -1.38. The SMILES string of the molecule is Cc1cc(CN2CCN[C@@H](C)C2)c(C)c(Nc2nnc([C@@H](C)O)o2)c1.Cl.Cl. The van der Waals surface area contributed by atoms with Gasteiger partial charge in [-0.2, -0.15) is 0 Å². The summed E-state index contributed by atoms with van der Waals surface area (Å²) >= 11 is 0. The number of aliphatic hydroxyl groups excluding tert-OH is 1. The standard InChI is InChI=1S/C18H27N5O2.2ClH/c1-11-7-15(10-23-6-5-19-12(2)9-23)13(3)16(8-11)20-18-22-21-17(25-18)14(4)24;;/h7-8,12,14,19,24H,5-6,9-10H2,1-4H3,(H,20,22);2*1H/t12-,14+;;/m0../s1. The monoisotopic (exact) mass is 417 g/mol. The van der Waals surface area contributed by atoms with Gasteiger partial charge in [-0.1, -0.05) is 11.2 Å². The molecule has 1 fully saturated rings. The third-order valence-corrected chi connectivity index (χ3v) is 4.55. The average Bonchev–Trinajstić information content (AvgIpc) is 3.01. The third-order valence-electron chi connectivity index (χ3n) is 4.55. The molecule has 0 unspecified atom stereocenters. The van der Waals surface area contributed by atoms with Gasteiger partial charge in [0.1, 0.15) is 6.10 Å². The highest BCUT2D eigenvalue weighted by molar-refractivity contribution is 5.85. The normalized spacial score (nSPS) is 18.3. The number of aromatic nitrogens is 2. The van der Waals surface area contributed by atoms with Crippen LogP contribution in [0.4, 0.5) is 11.7 Å². The minimum atomic E-state index is -0.771. The van der Waals surface area contributed by atoms with Crippen molar-refractivity contribution in [3.8, 4) is 0 Å². The Bertz CT molecular complexity index is 739. The zero-order valence-corrected chi connectivity index (χ0v) is 17.8. The highest BCUT2D eigenvalue weighted by Gasteiger charge is 2.18. The Morgan fingerprint density at radius 2 is 2.07 bits per heavy atom. The van der Waals surface area contributed by atoms with E-state index in [-0.39, 0.29) is 30.7 Å². The molecule has 2 atom stereocenters. The molecule has 27 heavy (non-hydrogen) atoms. The number of aliphatic hydroxyl groups is 1. The summed E-state index contributed by atoms with van der Waals surface area (Å²) in [6.07, 6.45) is -0.771. The molecule has 3 rings (SSSR count). The highest BCUT2D eigenvalue weighted by atomic mass is 35.5. The molecule has 2 heterocycles. The van der Waals surface area contributed by atoms with Crippen LogP contribution >= 0.6 is 24.8 Å². The van der Waals surface area contributed by atoms with Crippen LogP contribution in [0.2, 0.25) is 0 Å². The molecule has 2 aromatic rings. The maximum absolute atomic E-state index is 9.51. The fourth-order valence-corrected chi connectivity index (χ4v) is 3.19. The van der Waals surface area contributed by atoms with Crippen molar-refractivity contribution in [2.45, 2.75) is 46.4 Å². The Morgan fingerprint density at radius 3 is 2.70 bits per heavy atom. The van der Waals surface area contributed by atoms with Crippen LogP contribution in [0.25, 0.3) is 0 Å². The van der Waals surface area contributed by atoms with E-state index < -0.39 is 6.10 Å². The van der Waals surface area contributed by atoms with E-state index in [0.29, 0.717) is 12.1 Å². The molecule has 0 bridgehead atoms. The van der Waals surface area contributed by atoms with Crippen molar-refractivity contribution in [1.29, 1.82) is 0 Å². The minimum absolute atomic E-state index is 0. The number of aryl methyl sites for hydroxylation is 1. The van der Waals surface area contributed by atoms with Crippen LogP contribution in [0.3, 0.4) is 0 Å². The van der Waals surface area contributed by atoms with E-state index in [1.54, 1.807) is 6.92 Å². The van der Waals surface area contributed by atoms with E-state index in [9.17, 15) is 5.11 Å². The number of benzene rings is 1. The van der Waals surface area contributed by atoms with Crippen LogP contribution in [0.5, 0.6) is 0 Å². The fraction of sp³-hybridized carbons (Fsp3) is 0.556. The molecule has 9 heteroatoms. The van der Waals surface area contributed by atoms with Gasteiger partial charge >= 0.3 is 6.01 Å². The van der Waals surface area contributed by atoms with Crippen molar-refractivity contribution in [2.75, 3.05) is 25.0 Å². The van der Waals surface area contributed by atoms with Crippen LogP contribution < -0.4 is 10.6 Å². The summed E-state index contributed by atoms with van der Waals surface area (Å²) in [4.78, 5) is 2.48. The van der Waals surface area contributed by atoms with Crippen molar-refractivity contribution in [2.24, 2.45) is 0 Å². The number of hydrogen-bond donors (Lipinski definition) is 3. The summed E-state index contributed by atoms with van der Waals surface area (Å²) in [5.41, 5.74) is 4.61. The van der Waals surface area contributed by atoms with E-state index in [1.807, 2.05) is 0 Å². The molecule has 1 saturated heterocycles. The Labute approximate surface area is 172 Å². The van der Waals surface area contributed by atoms with Gasteiger partial charge in [0.2, 0.25) is 5.89 Å². The summed E-state index contributed by atoms with van der Waals surface area (Å²) in [6.45, 7) is 12.1. The Morgan fingerprint density at radius 1 is 1.33 bits per heavy atom. The van der Waals surface area contributed by atoms with Crippen LogP contribution in [0.1, 0.15) is 42.5 Å². The molecule has 152 valence electrons. The maximum Gasteiger partial charge on any atom is 0.320 e. The maximum atomic E-state index is 9.51. The topological polar surface area (TPSA) is 86.5 Å². The zero-order chi connectivity index (χ0) is 18.0. The highest BCUT2D eigenvalue weighted by Crippen LogP contribution is 2.26. The van der Waals surface area contributed by atoms with Crippen molar-refractivity contribution in [1.82, 2.24) is 20.4 Å². The number of anilines is 2. The number of piperazine rings is 1. The largest absolute Gasteiger partial charge is 0.405 e. The van der Waals surface area contributed by atoms with Crippen LogP contribution in [-0.4, -0.2) is 45.9 Å². The smallest absolute Gasteiger partial charge is 0.320 e. The number of hydrogen-bond acceptors (Lipinski definition) is 7. The van der Waals surface area contributed by atoms with Gasteiger partial charge in [-0.3, -0.25) is 4.90 Å². The Kier molecular flexibility index (Phi) is 8.98. The second-order valence-corrected chi connectivity index (χ2v) is 6.93. The van der Waals surface area contributed by atoms with Gasteiger partial charge in [-0.25, -0.2) is 0 Å². The lowest BCUT2D eigenvalue weighted by molar-refractivity contribution is 0.164. The van der Waals surface area contributed by atoms with Gasteiger partial charge < -0.3 is 20.2 Å². The van der Waals surface area contributed by atoms with Gasteiger partial charge in [-0.05, 0) is 50.5 Å². The van der Waals surface area contributed by atoms with Crippen molar-refractivity contribution >= 4 is 36.5 Å². The number of nitrogens with zero attached hydrogens (tertiary/aromatic N) is 3. The second-order valence-electron chi connectivity index (χ2n) is 6.93. The molecular formula is C18H29Cl2N5O2. The molecular weight excluding hydrogens is 389 g/mol. The van der Waals surface area contributed by atoms with Crippen molar-refractivity contribution < 1.29 is 9.52 Å². The lowest BCUT2D eigenvalue weighted by Gasteiger charge is -2.32. The molecule has 0 aliphatic carbocycles. The van der Waals surface area contributed by atoms with Crippen LogP contribution in [-0.2, 0) is 6.54 Å². The molecule has 0 radical (unpaired) electrons. The third kappa shape index (κ3) is 6.05. The van der Waals surface area contributed by atoms with E-state index in [2.05, 4.69) is 58.6 Å². The first-order valence-corrected chi connectivity index (χ1v) is 8.76. The van der Waals surface area contributed by atoms with Crippen molar-refractivity contribution in [3.05, 3.63) is 34.7 Å². The second kappa shape index (κ2) is 10.2. The van der Waals surface area contributed by atoms with Gasteiger partial charge in [0.05, 0.1) is 0 Å². The number of halogens is 2. The van der Waals surface area contributed by atoms with Crippen LogP contribution in [0, 0.1) is 13.8 Å². The zero-order valence-electron chi connectivity index (χ0n) is 16.2. The molecule has 1 aromatic carbocycles. The molecule has 1 aliphatic heterocycles. The fourth-order valence-electron chi connectivity index (χ4n) is 3.19. The molecule has 1 aliphatic rings. The van der Waals surface area contributed by atoms with Crippen molar-refractivity contribution in [3.63, 3.8) is 0 Å². The first-order valence-electron chi connectivity index (χ1n) is 8.76. The van der Waals surface area contributed by atoms with E-state index in [4.69, 9.17) is 4.42 Å². The average molecular weight is 418 g/mol. The summed E-state index contributed by atoms with van der Waals surface area (Å²) in [5.74, 6) is 0.211. The lowest BCUT2D eigenvalue weighted by atomic mass is 10.0. The van der Waals surface area contributed by atoms with Gasteiger partial charge in [0, 0.05) is 37.9 Å². The molecule has 0 saturated carbocycles. The predicted molar refractivity (Wildman–Crippen MR) is 111 cm³/mol. The summed E-state index contributed by atoms with van der Waals surface area (Å²) in [5, 5.41) is 24.0. The summed E-state index contributed by atoms with van der Waals surface area (Å²) in [6, 6.07) is 5.13. The summed E-state index contributed by atoms with van der Waals surface area (Å²) in [7, 11) is 0. The molecule has 0 amide bonds. The van der Waals surface area contributed by atoms with E-state index in [0.717, 1.165) is 31.9 Å². The first-order chi connectivity index (χ1) is 11.9. The van der Waals surface area contributed by atoms with Gasteiger partial charge in [0.25, 0.3) is 0 Å². The minimum Gasteiger partial charge on any atom is -0.405 e. The number of rotatable bonds is 5. The van der Waals surface area contributed by atoms with Crippen LogP contribution in [0.15, 0.2) is 16.5 Å². The molecule has 3 N–H and O–H groups in total. The predicted octanol–water partition coefficient (Wildman–Crippen LogP) is 3.12. The number of nitrogens with one attached hydrogen (secondary N) is 2. The quantitative estimate of drug-likeness (QED) is 0.688. The molecule has 7 nitrogen and oxygen atoms in total. The van der Waals surface area contributed by atoms with Gasteiger partial charge in [0.15, 0.2) is 0 Å². The first kappa shape index (κ1) is 23.7. The van der Waals surface area contributed by atoms with E-state index in [1.165, 1.54) is 16.7 Å². The van der Waals surface area contributed by atoms with E-state index >= 15 is 0 Å². The molecule has 1 aromatic heterocycles. The Balaban J connectivity index is 0.00000182. The van der Waals surface area contributed by atoms with Gasteiger partial charge in [-0.15, -0.1) is 29.9 Å². The molecule has 0 spiro atoms.